The lowest BCUT2D eigenvalue weighted by atomic mass is 10.0. The number of hydrogen-bond acceptors (Lipinski definition) is 2. The highest BCUT2D eigenvalue weighted by Gasteiger charge is 2.38. The zero-order chi connectivity index (χ0) is 16.2. The van der Waals surface area contributed by atoms with E-state index in [0.29, 0.717) is 13.1 Å². The Balaban J connectivity index is 2.88. The predicted octanol–water partition coefficient (Wildman–Crippen LogP) is 3.19. The highest BCUT2D eigenvalue weighted by Crippen LogP contribution is 2.18. The first-order valence-electron chi connectivity index (χ1n) is 6.70. The van der Waals surface area contributed by atoms with Crippen LogP contribution < -0.4 is 0 Å². The van der Waals surface area contributed by atoms with Gasteiger partial charge in [-0.2, -0.15) is 0 Å². The standard InChI is InChI=1S/C15H21BrN2O3/c1-5-18(15(2,3)13(19)20)14(21)17(4)10-11-7-6-8-12(16)9-11/h6-9H,5,10H2,1-4H3,(H,19,20). The minimum Gasteiger partial charge on any atom is -0.480 e. The maximum absolute atomic E-state index is 12.5. The van der Waals surface area contributed by atoms with Crippen molar-refractivity contribution in [3.8, 4) is 0 Å². The number of likely N-dealkylation sites (N-methyl/N-ethyl adjacent to an activating group) is 1. The first-order chi connectivity index (χ1) is 9.70. The molecule has 1 aromatic carbocycles. The van der Waals surface area contributed by atoms with Crippen molar-refractivity contribution in [3.05, 3.63) is 34.3 Å². The van der Waals surface area contributed by atoms with Crippen molar-refractivity contribution in [3.63, 3.8) is 0 Å². The number of urea groups is 1. The third kappa shape index (κ3) is 4.20. The van der Waals surface area contributed by atoms with Gasteiger partial charge in [-0.15, -0.1) is 0 Å². The van der Waals surface area contributed by atoms with Gasteiger partial charge in [0.2, 0.25) is 0 Å². The van der Waals surface area contributed by atoms with Crippen LogP contribution in [0.3, 0.4) is 0 Å². The molecule has 0 atom stereocenters. The van der Waals surface area contributed by atoms with Crippen LogP contribution in [0.1, 0.15) is 26.3 Å². The number of carboxylic acids is 1. The molecule has 2 amide bonds. The second-order valence-corrected chi connectivity index (χ2v) is 6.29. The third-order valence-electron chi connectivity index (χ3n) is 3.38. The molecule has 0 aromatic heterocycles. The van der Waals surface area contributed by atoms with Gasteiger partial charge >= 0.3 is 12.0 Å². The molecule has 0 spiro atoms. The number of halogens is 1. The summed E-state index contributed by atoms with van der Waals surface area (Å²) < 4.78 is 0.944. The average molecular weight is 357 g/mol. The molecule has 0 fully saturated rings. The number of carboxylic acid groups (broad SMARTS) is 1. The molecule has 5 nitrogen and oxygen atoms in total. The van der Waals surface area contributed by atoms with E-state index in [9.17, 15) is 14.7 Å². The molecule has 21 heavy (non-hydrogen) atoms. The Hall–Kier alpha value is -1.56. The van der Waals surface area contributed by atoms with Gasteiger partial charge in [-0.25, -0.2) is 9.59 Å². The lowest BCUT2D eigenvalue weighted by molar-refractivity contribution is -0.147. The van der Waals surface area contributed by atoms with Crippen molar-refractivity contribution >= 4 is 27.9 Å². The summed E-state index contributed by atoms with van der Waals surface area (Å²) >= 11 is 3.39. The number of aliphatic carboxylic acids is 1. The number of rotatable bonds is 5. The van der Waals surface area contributed by atoms with Crippen LogP contribution in [-0.4, -0.2) is 46.0 Å². The summed E-state index contributed by atoms with van der Waals surface area (Å²) in [5.74, 6) is -1.02. The maximum Gasteiger partial charge on any atom is 0.329 e. The SMILES string of the molecule is CCN(C(=O)N(C)Cc1cccc(Br)c1)C(C)(C)C(=O)O. The number of carbonyl (C=O) groups is 2. The van der Waals surface area contributed by atoms with Crippen LogP contribution in [0.5, 0.6) is 0 Å². The van der Waals surface area contributed by atoms with E-state index in [1.54, 1.807) is 14.0 Å². The van der Waals surface area contributed by atoms with Gasteiger partial charge < -0.3 is 14.9 Å². The summed E-state index contributed by atoms with van der Waals surface area (Å²) in [5.41, 5.74) is -0.262. The van der Waals surface area contributed by atoms with Crippen molar-refractivity contribution < 1.29 is 14.7 Å². The van der Waals surface area contributed by atoms with E-state index in [4.69, 9.17) is 0 Å². The Labute approximate surface area is 133 Å². The molecule has 0 saturated carbocycles. The van der Waals surface area contributed by atoms with Crippen LogP contribution in [-0.2, 0) is 11.3 Å². The van der Waals surface area contributed by atoms with Gasteiger partial charge in [-0.3, -0.25) is 0 Å². The molecule has 1 rings (SSSR count). The molecular formula is C15H21BrN2O3. The largest absolute Gasteiger partial charge is 0.480 e. The minimum absolute atomic E-state index is 0.301. The molecule has 1 aromatic rings. The maximum atomic E-state index is 12.5. The molecule has 6 heteroatoms. The molecule has 1 N–H and O–H groups in total. The Morgan fingerprint density at radius 1 is 1.33 bits per heavy atom. The van der Waals surface area contributed by atoms with Crippen LogP contribution in [0.2, 0.25) is 0 Å². The van der Waals surface area contributed by atoms with E-state index >= 15 is 0 Å². The number of nitrogens with zero attached hydrogens (tertiary/aromatic N) is 2. The smallest absolute Gasteiger partial charge is 0.329 e. The zero-order valence-corrected chi connectivity index (χ0v) is 14.3. The molecule has 116 valence electrons. The van der Waals surface area contributed by atoms with Crippen LogP contribution in [0.4, 0.5) is 4.79 Å². The van der Waals surface area contributed by atoms with Crippen molar-refractivity contribution in [1.82, 2.24) is 9.80 Å². The quantitative estimate of drug-likeness (QED) is 0.881. The third-order valence-corrected chi connectivity index (χ3v) is 3.87. The molecule has 0 saturated heterocycles. The molecule has 0 bridgehead atoms. The van der Waals surface area contributed by atoms with E-state index < -0.39 is 11.5 Å². The zero-order valence-electron chi connectivity index (χ0n) is 12.8. The summed E-state index contributed by atoms with van der Waals surface area (Å²) in [7, 11) is 1.67. The molecule has 0 aliphatic rings. The Morgan fingerprint density at radius 3 is 2.43 bits per heavy atom. The lowest BCUT2D eigenvalue weighted by Crippen LogP contribution is -2.56. The molecule has 0 heterocycles. The van der Waals surface area contributed by atoms with E-state index in [2.05, 4.69) is 15.9 Å². The van der Waals surface area contributed by atoms with Gasteiger partial charge in [0.05, 0.1) is 0 Å². The van der Waals surface area contributed by atoms with Gasteiger partial charge in [0.15, 0.2) is 0 Å². The second-order valence-electron chi connectivity index (χ2n) is 5.38. The topological polar surface area (TPSA) is 60.9 Å². The molecule has 0 unspecified atom stereocenters. The van der Waals surface area contributed by atoms with Gasteiger partial charge in [-0.1, -0.05) is 28.1 Å². The predicted molar refractivity (Wildman–Crippen MR) is 85.1 cm³/mol. The number of carbonyl (C=O) groups excluding carboxylic acids is 1. The Kier molecular flexibility index (Phi) is 5.78. The number of benzene rings is 1. The van der Waals surface area contributed by atoms with Crippen LogP contribution in [0, 0.1) is 0 Å². The van der Waals surface area contributed by atoms with Gasteiger partial charge in [0, 0.05) is 24.6 Å². The van der Waals surface area contributed by atoms with Crippen molar-refractivity contribution in [2.24, 2.45) is 0 Å². The monoisotopic (exact) mass is 356 g/mol. The molecular weight excluding hydrogens is 336 g/mol. The summed E-state index contributed by atoms with van der Waals surface area (Å²) in [6.45, 7) is 5.59. The van der Waals surface area contributed by atoms with E-state index in [-0.39, 0.29) is 6.03 Å². The molecule has 0 radical (unpaired) electrons. The fraction of sp³-hybridized carbons (Fsp3) is 0.467. The summed E-state index contributed by atoms with van der Waals surface area (Å²) in [5, 5.41) is 9.28. The first kappa shape index (κ1) is 17.5. The van der Waals surface area contributed by atoms with Gasteiger partial charge in [0.25, 0.3) is 0 Å². The van der Waals surface area contributed by atoms with E-state index in [1.165, 1.54) is 23.6 Å². The summed E-state index contributed by atoms with van der Waals surface area (Å²) in [4.78, 5) is 26.7. The van der Waals surface area contributed by atoms with Gasteiger partial charge in [0.1, 0.15) is 5.54 Å². The Bertz CT molecular complexity index is 531. The normalized spacial score (nSPS) is 11.1. The molecule has 0 aliphatic heterocycles. The minimum atomic E-state index is -1.24. The average Bonchev–Trinajstić information content (AvgIpc) is 2.38. The van der Waals surface area contributed by atoms with E-state index in [0.717, 1.165) is 10.0 Å². The highest BCUT2D eigenvalue weighted by atomic mass is 79.9. The fourth-order valence-electron chi connectivity index (χ4n) is 2.07. The van der Waals surface area contributed by atoms with E-state index in [1.807, 2.05) is 24.3 Å². The summed E-state index contributed by atoms with van der Waals surface area (Å²) in [6.07, 6.45) is 0. The van der Waals surface area contributed by atoms with Crippen molar-refractivity contribution in [1.29, 1.82) is 0 Å². The first-order valence-corrected chi connectivity index (χ1v) is 7.50. The number of amides is 2. The Morgan fingerprint density at radius 2 is 1.95 bits per heavy atom. The molecule has 0 aliphatic carbocycles. The van der Waals surface area contributed by atoms with Crippen LogP contribution in [0.15, 0.2) is 28.7 Å². The summed E-state index contributed by atoms with van der Waals surface area (Å²) in [6, 6.07) is 7.37. The van der Waals surface area contributed by atoms with Crippen LogP contribution in [0.25, 0.3) is 0 Å². The number of hydrogen-bond donors (Lipinski definition) is 1. The van der Waals surface area contributed by atoms with Crippen molar-refractivity contribution in [2.45, 2.75) is 32.9 Å². The highest BCUT2D eigenvalue weighted by molar-refractivity contribution is 9.10. The second kappa shape index (κ2) is 6.93. The fourth-order valence-corrected chi connectivity index (χ4v) is 2.51. The van der Waals surface area contributed by atoms with Gasteiger partial charge in [-0.05, 0) is 38.5 Å². The lowest BCUT2D eigenvalue weighted by Gasteiger charge is -2.37. The van der Waals surface area contributed by atoms with Crippen molar-refractivity contribution in [2.75, 3.05) is 13.6 Å². The van der Waals surface area contributed by atoms with Crippen LogP contribution >= 0.6 is 15.9 Å².